The quantitative estimate of drug-likeness (QED) is 0.588. The highest BCUT2D eigenvalue weighted by Gasteiger charge is 2.27. The molecule has 2 aromatic rings. The van der Waals surface area contributed by atoms with Gasteiger partial charge in [0.05, 0.1) is 18.2 Å². The van der Waals surface area contributed by atoms with Crippen molar-refractivity contribution in [2.45, 2.75) is 19.3 Å². The molecule has 142 valence electrons. The second-order valence-corrected chi connectivity index (χ2v) is 6.40. The second kappa shape index (κ2) is 6.99. The Kier molecular flexibility index (Phi) is 4.53. The minimum Gasteiger partial charge on any atom is -0.490 e. The van der Waals surface area contributed by atoms with Gasteiger partial charge in [0.15, 0.2) is 17.3 Å². The van der Waals surface area contributed by atoms with Crippen molar-refractivity contribution in [2.24, 2.45) is 0 Å². The molecule has 27 heavy (non-hydrogen) atoms. The number of hydrogen-bond acceptors (Lipinski definition) is 7. The monoisotopic (exact) mass is 375 g/mol. The molecular weight excluding hydrogens is 357 g/mol. The number of hydrogen-bond donors (Lipinski definition) is 0. The van der Waals surface area contributed by atoms with E-state index < -0.39 is 17.8 Å². The van der Waals surface area contributed by atoms with Crippen molar-refractivity contribution in [3.05, 3.63) is 29.7 Å². The van der Waals surface area contributed by atoms with Crippen LogP contribution in [0.25, 0.3) is 10.9 Å². The molecule has 0 N–H and O–H groups in total. The van der Waals surface area contributed by atoms with Crippen molar-refractivity contribution >= 4 is 22.8 Å². The molecule has 0 aliphatic carbocycles. The highest BCUT2D eigenvalue weighted by atomic mass is 19.1. The fraction of sp³-hybridized carbons (Fsp3) is 0.389. The van der Waals surface area contributed by atoms with E-state index in [0.717, 1.165) is 55.5 Å². The summed E-state index contributed by atoms with van der Waals surface area (Å²) in [5, 5.41) is 4.71. The van der Waals surface area contributed by atoms with Gasteiger partial charge in [-0.15, -0.1) is 5.10 Å². The van der Waals surface area contributed by atoms with Gasteiger partial charge < -0.3 is 19.2 Å². The summed E-state index contributed by atoms with van der Waals surface area (Å²) in [6.45, 7) is 2.76. The molecule has 2 aliphatic rings. The highest BCUT2D eigenvalue weighted by molar-refractivity contribution is 5.98. The zero-order chi connectivity index (χ0) is 19.0. The van der Waals surface area contributed by atoms with Gasteiger partial charge >= 0.3 is 11.9 Å². The third-order valence-electron chi connectivity index (χ3n) is 4.68. The van der Waals surface area contributed by atoms with Crippen LogP contribution in [-0.2, 0) is 16.0 Å². The van der Waals surface area contributed by atoms with Crippen LogP contribution in [-0.4, -0.2) is 53.5 Å². The van der Waals surface area contributed by atoms with E-state index in [2.05, 4.69) is 10.00 Å². The molecule has 1 aromatic heterocycles. The Labute approximate surface area is 154 Å². The van der Waals surface area contributed by atoms with Crippen molar-refractivity contribution in [1.82, 2.24) is 14.8 Å². The molecule has 4 rings (SSSR count). The van der Waals surface area contributed by atoms with Crippen LogP contribution in [0.3, 0.4) is 0 Å². The number of carbonyl (C=O) groups excluding carboxylic acids is 2. The summed E-state index contributed by atoms with van der Waals surface area (Å²) in [6.07, 6.45) is 4.66. The first kappa shape index (κ1) is 17.5. The van der Waals surface area contributed by atoms with Gasteiger partial charge in [0.1, 0.15) is 5.52 Å². The number of methoxy groups -OCH3 is 1. The van der Waals surface area contributed by atoms with Crippen LogP contribution < -0.4 is 14.3 Å². The number of esters is 1. The minimum atomic E-state index is -0.836. The summed E-state index contributed by atoms with van der Waals surface area (Å²) in [6, 6.07) is 1.15. The normalized spacial score (nSPS) is 18.6. The Hall–Kier alpha value is -2.94. The van der Waals surface area contributed by atoms with Crippen molar-refractivity contribution in [3.63, 3.8) is 0 Å². The van der Waals surface area contributed by atoms with Crippen LogP contribution in [0.5, 0.6) is 11.5 Å². The first-order chi connectivity index (χ1) is 13.1. The molecule has 0 unspecified atom stereocenters. The molecule has 0 saturated carbocycles. The van der Waals surface area contributed by atoms with Crippen molar-refractivity contribution in [1.29, 1.82) is 0 Å². The number of benzene rings is 1. The van der Waals surface area contributed by atoms with Gasteiger partial charge in [-0.3, -0.25) is 0 Å². The number of halogens is 1. The summed E-state index contributed by atoms with van der Waals surface area (Å²) >= 11 is 0. The molecule has 9 heteroatoms. The molecule has 0 spiro atoms. The third kappa shape index (κ3) is 3.25. The average molecular weight is 375 g/mol. The minimum absolute atomic E-state index is 0.0669. The number of likely N-dealkylation sites (tertiary alicyclic amines) is 1. The van der Waals surface area contributed by atoms with E-state index in [1.165, 1.54) is 7.11 Å². The maximum absolute atomic E-state index is 14.5. The Bertz CT molecular complexity index is 946. The standard InChI is InChI=1S/C18H18FN3O5/c1-25-17-11(19)10-13-16-12(6-9-21-7-2-3-8-21)20-22(13)27-15(24)5-4-14(23)26-18(16)17/h4-5,10H,2-3,6-9H2,1H3/b5-4+. The van der Waals surface area contributed by atoms with Gasteiger partial charge in [0, 0.05) is 31.2 Å². The number of rotatable bonds is 4. The summed E-state index contributed by atoms with van der Waals surface area (Å²) in [5.41, 5.74) is 0.726. The van der Waals surface area contributed by atoms with E-state index in [9.17, 15) is 14.0 Å². The summed E-state index contributed by atoms with van der Waals surface area (Å²) in [5.74, 6) is -2.67. The molecule has 1 saturated heterocycles. The second-order valence-electron chi connectivity index (χ2n) is 6.40. The number of nitrogens with zero attached hydrogens (tertiary/aromatic N) is 3. The molecule has 1 fully saturated rings. The van der Waals surface area contributed by atoms with Gasteiger partial charge in [-0.2, -0.15) is 0 Å². The first-order valence-electron chi connectivity index (χ1n) is 8.69. The molecule has 2 aliphatic heterocycles. The Morgan fingerprint density at radius 1 is 1.22 bits per heavy atom. The zero-order valence-electron chi connectivity index (χ0n) is 14.7. The molecule has 4 bridgehead atoms. The number of aromatic nitrogens is 2. The molecule has 3 heterocycles. The fourth-order valence-electron chi connectivity index (χ4n) is 3.43. The molecule has 0 atom stereocenters. The fourth-order valence-corrected chi connectivity index (χ4v) is 3.43. The highest BCUT2D eigenvalue weighted by Crippen LogP contribution is 2.40. The topological polar surface area (TPSA) is 82.9 Å². The maximum atomic E-state index is 14.5. The van der Waals surface area contributed by atoms with E-state index in [-0.39, 0.29) is 17.0 Å². The largest absolute Gasteiger partial charge is 0.490 e. The lowest BCUT2D eigenvalue weighted by Crippen LogP contribution is -2.22. The summed E-state index contributed by atoms with van der Waals surface area (Å²) in [4.78, 5) is 32.3. The van der Waals surface area contributed by atoms with Crippen molar-refractivity contribution in [3.8, 4) is 11.5 Å². The average Bonchev–Trinajstić information content (AvgIpc) is 3.26. The van der Waals surface area contributed by atoms with Gasteiger partial charge in [-0.1, -0.05) is 4.85 Å². The lowest BCUT2D eigenvalue weighted by atomic mass is 10.1. The van der Waals surface area contributed by atoms with Gasteiger partial charge in [0.25, 0.3) is 0 Å². The maximum Gasteiger partial charge on any atom is 0.358 e. The van der Waals surface area contributed by atoms with Gasteiger partial charge in [0.2, 0.25) is 0 Å². The summed E-state index contributed by atoms with van der Waals surface area (Å²) < 4.78 is 24.9. The van der Waals surface area contributed by atoms with E-state index in [1.807, 2.05) is 0 Å². The van der Waals surface area contributed by atoms with Crippen LogP contribution >= 0.6 is 0 Å². The van der Waals surface area contributed by atoms with Gasteiger partial charge in [-0.25, -0.2) is 14.0 Å². The summed E-state index contributed by atoms with van der Waals surface area (Å²) in [7, 11) is 1.29. The van der Waals surface area contributed by atoms with E-state index in [1.54, 1.807) is 0 Å². The van der Waals surface area contributed by atoms with E-state index in [4.69, 9.17) is 14.3 Å². The Morgan fingerprint density at radius 2 is 1.96 bits per heavy atom. The van der Waals surface area contributed by atoms with E-state index >= 15 is 0 Å². The molecule has 1 aromatic carbocycles. The van der Waals surface area contributed by atoms with Crippen molar-refractivity contribution in [2.75, 3.05) is 26.7 Å². The van der Waals surface area contributed by atoms with Crippen molar-refractivity contribution < 1.29 is 28.3 Å². The van der Waals surface area contributed by atoms with Crippen LogP contribution in [0.15, 0.2) is 18.2 Å². The van der Waals surface area contributed by atoms with Crippen LogP contribution in [0.1, 0.15) is 18.5 Å². The smallest absolute Gasteiger partial charge is 0.358 e. The third-order valence-corrected chi connectivity index (χ3v) is 4.68. The molecular formula is C18H18FN3O5. The number of ether oxygens (including phenoxy) is 2. The van der Waals surface area contributed by atoms with E-state index in [0.29, 0.717) is 17.5 Å². The Morgan fingerprint density at radius 3 is 2.70 bits per heavy atom. The molecule has 8 nitrogen and oxygen atoms in total. The SMILES string of the molecule is COc1c(F)cc2c3c(CCN4CCCC4)nn2OC(=O)/C=C/C(=O)Oc13. The first-order valence-corrected chi connectivity index (χ1v) is 8.69. The molecule has 0 radical (unpaired) electrons. The van der Waals surface area contributed by atoms with Crippen LogP contribution in [0, 0.1) is 5.82 Å². The van der Waals surface area contributed by atoms with Crippen LogP contribution in [0.2, 0.25) is 0 Å². The van der Waals surface area contributed by atoms with Gasteiger partial charge in [-0.05, 0) is 25.9 Å². The molecule has 0 amide bonds. The lowest BCUT2D eigenvalue weighted by molar-refractivity contribution is -0.140. The predicted molar refractivity (Wildman–Crippen MR) is 92.0 cm³/mol. The zero-order valence-corrected chi connectivity index (χ0v) is 14.7. The lowest BCUT2D eigenvalue weighted by Gasteiger charge is -2.14. The number of carbonyl (C=O) groups is 2. The predicted octanol–water partition coefficient (Wildman–Crippen LogP) is 1.25. The van der Waals surface area contributed by atoms with Crippen LogP contribution in [0.4, 0.5) is 4.39 Å². The Balaban J connectivity index is 1.86.